The minimum atomic E-state index is -0.681. The van der Waals surface area contributed by atoms with Gasteiger partial charge < -0.3 is 9.30 Å². The number of benzene rings is 4. The van der Waals surface area contributed by atoms with Gasteiger partial charge in [0.25, 0.3) is 0 Å². The highest BCUT2D eigenvalue weighted by Crippen LogP contribution is 2.26. The van der Waals surface area contributed by atoms with Gasteiger partial charge in [0.05, 0.1) is 23.1 Å². The molecule has 0 N–H and O–H groups in total. The molecular formula is C29H19ClF2N2O2. The lowest BCUT2D eigenvalue weighted by Crippen LogP contribution is -2.07. The van der Waals surface area contributed by atoms with Crippen LogP contribution in [0.5, 0.6) is 0 Å². The van der Waals surface area contributed by atoms with Crippen molar-refractivity contribution in [2.75, 3.05) is 0 Å². The zero-order valence-electron chi connectivity index (χ0n) is 18.9. The molecule has 0 bridgehead atoms. The first-order valence-electron chi connectivity index (χ1n) is 11.1. The fourth-order valence-electron chi connectivity index (χ4n) is 3.82. The Balaban J connectivity index is 1.61. The lowest BCUT2D eigenvalue weighted by atomic mass is 10.1. The zero-order valence-corrected chi connectivity index (χ0v) is 19.6. The van der Waals surface area contributed by atoms with Gasteiger partial charge in [0.2, 0.25) is 0 Å². The molecule has 0 amide bonds. The number of aromatic nitrogens is 2. The number of nitrogens with zero attached hydrogens (tertiary/aromatic N) is 2. The van der Waals surface area contributed by atoms with Crippen LogP contribution in [0.2, 0.25) is 5.02 Å². The van der Waals surface area contributed by atoms with Gasteiger partial charge in [-0.05, 0) is 72.3 Å². The lowest BCUT2D eigenvalue weighted by molar-refractivity contribution is 0.0693. The van der Waals surface area contributed by atoms with E-state index in [9.17, 15) is 13.6 Å². The molecule has 0 atom stereocenters. The van der Waals surface area contributed by atoms with E-state index in [1.165, 1.54) is 48.5 Å². The highest BCUT2D eigenvalue weighted by Gasteiger charge is 2.17. The van der Waals surface area contributed by atoms with E-state index < -0.39 is 17.6 Å². The number of carbonyl (C=O) groups is 1. The molecule has 0 radical (unpaired) electrons. The predicted molar refractivity (Wildman–Crippen MR) is 136 cm³/mol. The SMILES string of the molecule is O=C(OC(=Cc1nc2ccccc2n1Cc1ccccc1Cl)c1ccc(F)cc1)c1ccc(F)cc1. The number of rotatable bonds is 6. The first kappa shape index (κ1) is 23.5. The molecule has 5 rings (SSSR count). The van der Waals surface area contributed by atoms with Crippen LogP contribution in [0.4, 0.5) is 8.78 Å². The Bertz CT molecular complexity index is 1580. The molecule has 5 aromatic rings. The first-order valence-corrected chi connectivity index (χ1v) is 11.5. The molecule has 178 valence electrons. The highest BCUT2D eigenvalue weighted by molar-refractivity contribution is 6.31. The summed E-state index contributed by atoms with van der Waals surface area (Å²) >= 11 is 6.43. The average Bonchev–Trinajstić information content (AvgIpc) is 3.22. The maximum atomic E-state index is 13.6. The smallest absolute Gasteiger partial charge is 0.343 e. The summed E-state index contributed by atoms with van der Waals surface area (Å²) in [5.41, 5.74) is 3.16. The van der Waals surface area contributed by atoms with E-state index in [4.69, 9.17) is 21.3 Å². The Labute approximate surface area is 211 Å². The summed E-state index contributed by atoms with van der Waals surface area (Å²) in [5.74, 6) is -0.884. The monoisotopic (exact) mass is 500 g/mol. The Morgan fingerprint density at radius 2 is 1.44 bits per heavy atom. The Hall–Kier alpha value is -4.29. The van der Waals surface area contributed by atoms with Crippen molar-refractivity contribution in [1.82, 2.24) is 9.55 Å². The van der Waals surface area contributed by atoms with E-state index in [1.54, 1.807) is 6.08 Å². The van der Waals surface area contributed by atoms with Crippen LogP contribution >= 0.6 is 11.6 Å². The Kier molecular flexibility index (Phi) is 6.60. The molecule has 0 aliphatic rings. The van der Waals surface area contributed by atoms with Crippen molar-refractivity contribution >= 4 is 40.4 Å². The first-order chi connectivity index (χ1) is 17.5. The minimum Gasteiger partial charge on any atom is -0.422 e. The third kappa shape index (κ3) is 5.04. The average molecular weight is 501 g/mol. The van der Waals surface area contributed by atoms with Gasteiger partial charge in [-0.15, -0.1) is 0 Å². The summed E-state index contributed by atoms with van der Waals surface area (Å²) < 4.78 is 34.7. The maximum Gasteiger partial charge on any atom is 0.343 e. The van der Waals surface area contributed by atoms with Crippen LogP contribution < -0.4 is 0 Å². The predicted octanol–water partition coefficient (Wildman–Crippen LogP) is 7.37. The Morgan fingerprint density at radius 1 is 0.833 bits per heavy atom. The van der Waals surface area contributed by atoms with E-state index in [0.717, 1.165) is 16.6 Å². The summed E-state index contributed by atoms with van der Waals surface area (Å²) in [5, 5.41) is 0.617. The topological polar surface area (TPSA) is 44.1 Å². The van der Waals surface area contributed by atoms with E-state index in [2.05, 4.69) is 0 Å². The van der Waals surface area contributed by atoms with Crippen molar-refractivity contribution in [3.05, 3.63) is 136 Å². The molecule has 0 fully saturated rings. The number of fused-ring (bicyclic) bond motifs is 1. The normalized spacial score (nSPS) is 11.6. The van der Waals surface area contributed by atoms with Gasteiger partial charge >= 0.3 is 5.97 Å². The van der Waals surface area contributed by atoms with Gasteiger partial charge in [0.1, 0.15) is 23.2 Å². The molecule has 7 heteroatoms. The molecule has 4 nitrogen and oxygen atoms in total. The largest absolute Gasteiger partial charge is 0.422 e. The molecule has 1 heterocycles. The summed E-state index contributed by atoms with van der Waals surface area (Å²) in [7, 11) is 0. The van der Waals surface area contributed by atoms with Gasteiger partial charge in [-0.2, -0.15) is 0 Å². The highest BCUT2D eigenvalue weighted by atomic mass is 35.5. The molecule has 4 aromatic carbocycles. The number of carbonyl (C=O) groups excluding carboxylic acids is 1. The van der Waals surface area contributed by atoms with Gasteiger partial charge in [-0.1, -0.05) is 41.9 Å². The second-order valence-electron chi connectivity index (χ2n) is 8.05. The van der Waals surface area contributed by atoms with E-state index >= 15 is 0 Å². The fourth-order valence-corrected chi connectivity index (χ4v) is 4.01. The summed E-state index contributed by atoms with van der Waals surface area (Å²) in [6, 6.07) is 25.8. The van der Waals surface area contributed by atoms with E-state index in [0.29, 0.717) is 23.0 Å². The number of hydrogen-bond acceptors (Lipinski definition) is 3. The van der Waals surface area contributed by atoms with Crippen LogP contribution in [0.25, 0.3) is 22.9 Å². The lowest BCUT2D eigenvalue weighted by Gasteiger charge is -2.12. The molecule has 0 aliphatic carbocycles. The number of ether oxygens (including phenoxy) is 1. The third-order valence-corrected chi connectivity index (χ3v) is 6.01. The molecule has 0 spiro atoms. The fraction of sp³-hybridized carbons (Fsp3) is 0.0345. The van der Waals surface area contributed by atoms with Gasteiger partial charge in [-0.3, -0.25) is 0 Å². The molecule has 1 aromatic heterocycles. The summed E-state index contributed by atoms with van der Waals surface area (Å²) in [6.07, 6.45) is 1.63. The van der Waals surface area contributed by atoms with Gasteiger partial charge in [-0.25, -0.2) is 18.6 Å². The van der Waals surface area contributed by atoms with Crippen molar-refractivity contribution < 1.29 is 18.3 Å². The zero-order chi connectivity index (χ0) is 25.1. The molecule has 0 saturated carbocycles. The quantitative estimate of drug-likeness (QED) is 0.180. The number of para-hydroxylation sites is 2. The molecule has 0 saturated heterocycles. The van der Waals surface area contributed by atoms with Crippen LogP contribution in [0.1, 0.15) is 27.3 Å². The van der Waals surface area contributed by atoms with Crippen LogP contribution in [-0.2, 0) is 11.3 Å². The van der Waals surface area contributed by atoms with Crippen molar-refractivity contribution in [3.8, 4) is 0 Å². The van der Waals surface area contributed by atoms with Crippen LogP contribution in [0.3, 0.4) is 0 Å². The van der Waals surface area contributed by atoms with Crippen LogP contribution in [0.15, 0.2) is 97.1 Å². The maximum absolute atomic E-state index is 13.6. The second-order valence-corrected chi connectivity index (χ2v) is 8.46. The number of hydrogen-bond donors (Lipinski definition) is 0. The van der Waals surface area contributed by atoms with Crippen LogP contribution in [-0.4, -0.2) is 15.5 Å². The molecule has 0 unspecified atom stereocenters. The van der Waals surface area contributed by atoms with E-state index in [-0.39, 0.29) is 11.3 Å². The van der Waals surface area contributed by atoms with Gasteiger partial charge in [0, 0.05) is 16.7 Å². The van der Waals surface area contributed by atoms with Crippen molar-refractivity contribution in [2.45, 2.75) is 6.54 Å². The minimum absolute atomic E-state index is 0.167. The number of esters is 1. The summed E-state index contributed by atoms with van der Waals surface area (Å²) in [4.78, 5) is 17.6. The van der Waals surface area contributed by atoms with Crippen LogP contribution in [0, 0.1) is 11.6 Å². The van der Waals surface area contributed by atoms with Gasteiger partial charge in [0.15, 0.2) is 0 Å². The van der Waals surface area contributed by atoms with E-state index in [1.807, 2.05) is 53.1 Å². The van der Waals surface area contributed by atoms with Crippen molar-refractivity contribution in [3.63, 3.8) is 0 Å². The van der Waals surface area contributed by atoms with Crippen molar-refractivity contribution in [1.29, 1.82) is 0 Å². The molecule has 36 heavy (non-hydrogen) atoms. The Morgan fingerprint density at radius 3 is 2.14 bits per heavy atom. The molecular weight excluding hydrogens is 482 g/mol. The second kappa shape index (κ2) is 10.1. The number of imidazole rings is 1. The molecule has 0 aliphatic heterocycles. The standard InChI is InChI=1S/C29H19ClF2N2O2/c30-24-6-2-1-5-21(24)18-34-26-8-4-3-7-25(26)33-28(34)17-27(19-9-13-22(31)14-10-19)36-29(35)20-11-15-23(32)16-12-20/h1-17H,18H2. The number of halogens is 3. The van der Waals surface area contributed by atoms with Crippen molar-refractivity contribution in [2.24, 2.45) is 0 Å². The third-order valence-electron chi connectivity index (χ3n) is 5.64. The summed E-state index contributed by atoms with van der Waals surface area (Å²) in [6.45, 7) is 0.425.